The van der Waals surface area contributed by atoms with Crippen LogP contribution in [-0.2, 0) is 4.79 Å². The van der Waals surface area contributed by atoms with Gasteiger partial charge in [-0.3, -0.25) is 4.79 Å². The summed E-state index contributed by atoms with van der Waals surface area (Å²) in [5.41, 5.74) is 2.79. The third kappa shape index (κ3) is 2.31. The number of para-hydroxylation sites is 2. The Morgan fingerprint density at radius 3 is 2.25 bits per heavy atom. The number of amides is 1. The second-order valence-corrected chi connectivity index (χ2v) is 5.11. The summed E-state index contributed by atoms with van der Waals surface area (Å²) in [5, 5.41) is 0. The smallest absolute Gasteiger partial charge is 0.219 e. The number of benzene rings is 1. The quantitative estimate of drug-likeness (QED) is 0.790. The number of rotatable bonds is 1. The number of nitrogens with zero attached hydrogens (tertiary/aromatic N) is 4. The first-order chi connectivity index (χ1) is 9.65. The minimum Gasteiger partial charge on any atom is -0.352 e. The van der Waals surface area contributed by atoms with Crippen molar-refractivity contribution in [3.8, 4) is 0 Å². The van der Waals surface area contributed by atoms with Crippen LogP contribution in [0.25, 0.3) is 11.0 Å². The molecule has 1 aromatic heterocycles. The molecule has 0 N–H and O–H groups in total. The Hall–Kier alpha value is -2.17. The average molecular weight is 270 g/mol. The van der Waals surface area contributed by atoms with Gasteiger partial charge < -0.3 is 9.80 Å². The van der Waals surface area contributed by atoms with Crippen LogP contribution in [0.2, 0.25) is 0 Å². The van der Waals surface area contributed by atoms with E-state index < -0.39 is 0 Å². The van der Waals surface area contributed by atoms with Crippen LogP contribution in [0, 0.1) is 6.92 Å². The fourth-order valence-corrected chi connectivity index (χ4v) is 2.61. The summed E-state index contributed by atoms with van der Waals surface area (Å²) in [4.78, 5) is 24.8. The first kappa shape index (κ1) is 12.8. The van der Waals surface area contributed by atoms with Crippen LogP contribution in [0.15, 0.2) is 24.3 Å². The zero-order valence-corrected chi connectivity index (χ0v) is 11.8. The number of piperazine rings is 1. The maximum absolute atomic E-state index is 11.4. The van der Waals surface area contributed by atoms with E-state index in [4.69, 9.17) is 4.98 Å². The molecule has 20 heavy (non-hydrogen) atoms. The Labute approximate surface area is 118 Å². The van der Waals surface area contributed by atoms with Crippen molar-refractivity contribution in [3.05, 3.63) is 30.0 Å². The summed E-state index contributed by atoms with van der Waals surface area (Å²) >= 11 is 0. The van der Waals surface area contributed by atoms with E-state index in [-0.39, 0.29) is 5.91 Å². The van der Waals surface area contributed by atoms with Crippen LogP contribution in [0.5, 0.6) is 0 Å². The van der Waals surface area contributed by atoms with Gasteiger partial charge in [-0.05, 0) is 19.1 Å². The highest BCUT2D eigenvalue weighted by Gasteiger charge is 2.21. The lowest BCUT2D eigenvalue weighted by Gasteiger charge is -2.35. The maximum atomic E-state index is 11.4. The van der Waals surface area contributed by atoms with Gasteiger partial charge in [0.25, 0.3) is 0 Å². The third-order valence-electron chi connectivity index (χ3n) is 3.74. The van der Waals surface area contributed by atoms with E-state index in [0.29, 0.717) is 0 Å². The number of anilines is 1. The van der Waals surface area contributed by atoms with Crippen molar-refractivity contribution >= 4 is 22.8 Å². The molecule has 5 heteroatoms. The van der Waals surface area contributed by atoms with Crippen molar-refractivity contribution in [3.63, 3.8) is 0 Å². The van der Waals surface area contributed by atoms with Crippen molar-refractivity contribution in [1.82, 2.24) is 14.9 Å². The average Bonchev–Trinajstić information content (AvgIpc) is 2.46. The molecule has 0 spiro atoms. The second kappa shape index (κ2) is 5.07. The maximum Gasteiger partial charge on any atom is 0.219 e. The number of hydrogen-bond acceptors (Lipinski definition) is 4. The number of carbonyl (C=O) groups excluding carboxylic acids is 1. The van der Waals surface area contributed by atoms with Crippen molar-refractivity contribution in [2.24, 2.45) is 0 Å². The van der Waals surface area contributed by atoms with E-state index in [0.717, 1.165) is 48.7 Å². The normalized spacial score (nSPS) is 15.7. The summed E-state index contributed by atoms with van der Waals surface area (Å²) < 4.78 is 0. The monoisotopic (exact) mass is 270 g/mol. The largest absolute Gasteiger partial charge is 0.352 e. The Kier molecular flexibility index (Phi) is 3.26. The molecule has 0 saturated carbocycles. The fourth-order valence-electron chi connectivity index (χ4n) is 2.61. The van der Waals surface area contributed by atoms with Gasteiger partial charge >= 0.3 is 0 Å². The molecule has 2 heterocycles. The zero-order valence-electron chi connectivity index (χ0n) is 11.8. The molecule has 1 aliphatic heterocycles. The van der Waals surface area contributed by atoms with Gasteiger partial charge in [0.05, 0.1) is 16.7 Å². The van der Waals surface area contributed by atoms with Gasteiger partial charge in [-0.2, -0.15) is 0 Å². The lowest BCUT2D eigenvalue weighted by molar-refractivity contribution is -0.129. The van der Waals surface area contributed by atoms with Crippen molar-refractivity contribution < 1.29 is 4.79 Å². The topological polar surface area (TPSA) is 49.3 Å². The highest BCUT2D eigenvalue weighted by atomic mass is 16.2. The van der Waals surface area contributed by atoms with Crippen LogP contribution in [0.3, 0.4) is 0 Å². The van der Waals surface area contributed by atoms with Gasteiger partial charge in [0.15, 0.2) is 5.82 Å². The number of aromatic nitrogens is 2. The van der Waals surface area contributed by atoms with E-state index in [1.165, 1.54) is 0 Å². The van der Waals surface area contributed by atoms with Crippen LogP contribution in [0.4, 0.5) is 5.82 Å². The molecule has 0 bridgehead atoms. The van der Waals surface area contributed by atoms with Gasteiger partial charge in [0.2, 0.25) is 5.91 Å². The first-order valence-electron chi connectivity index (χ1n) is 6.89. The molecule has 1 amide bonds. The molecule has 2 aromatic rings. The Morgan fingerprint density at radius 1 is 1.05 bits per heavy atom. The van der Waals surface area contributed by atoms with Crippen molar-refractivity contribution in [1.29, 1.82) is 0 Å². The summed E-state index contributed by atoms with van der Waals surface area (Å²) in [6.07, 6.45) is 0. The minimum absolute atomic E-state index is 0.144. The molecule has 0 aliphatic carbocycles. The van der Waals surface area contributed by atoms with E-state index in [2.05, 4.69) is 9.88 Å². The predicted octanol–water partition coefficient (Wildman–Crippen LogP) is 1.61. The molecule has 0 unspecified atom stereocenters. The number of fused-ring (bicyclic) bond motifs is 1. The molecule has 1 fully saturated rings. The van der Waals surface area contributed by atoms with Crippen LogP contribution >= 0.6 is 0 Å². The third-order valence-corrected chi connectivity index (χ3v) is 3.74. The molecular formula is C15H18N4O. The molecule has 3 rings (SSSR count). The molecule has 0 atom stereocenters. The highest BCUT2D eigenvalue weighted by molar-refractivity contribution is 5.76. The SMILES string of the molecule is CC(=O)N1CCN(c2nc3ccccc3nc2C)CC1. The standard InChI is InChI=1S/C15H18N4O/c1-11-15(17-14-6-4-3-5-13(14)16-11)19-9-7-18(8-10-19)12(2)20/h3-6H,7-10H2,1-2H3. The first-order valence-corrected chi connectivity index (χ1v) is 6.89. The van der Waals surface area contributed by atoms with Gasteiger partial charge in [-0.25, -0.2) is 9.97 Å². The van der Waals surface area contributed by atoms with Crippen LogP contribution in [-0.4, -0.2) is 47.0 Å². The van der Waals surface area contributed by atoms with Crippen LogP contribution < -0.4 is 4.90 Å². The molecule has 1 aromatic carbocycles. The molecular weight excluding hydrogens is 252 g/mol. The van der Waals surface area contributed by atoms with E-state index in [1.54, 1.807) is 6.92 Å². The molecule has 1 saturated heterocycles. The van der Waals surface area contributed by atoms with Crippen molar-refractivity contribution in [2.45, 2.75) is 13.8 Å². The Bertz CT molecular complexity index is 647. The van der Waals surface area contributed by atoms with Gasteiger partial charge in [0, 0.05) is 33.1 Å². The highest BCUT2D eigenvalue weighted by Crippen LogP contribution is 2.21. The molecule has 5 nitrogen and oxygen atoms in total. The summed E-state index contributed by atoms with van der Waals surface area (Å²) in [7, 11) is 0. The molecule has 104 valence electrons. The summed E-state index contributed by atoms with van der Waals surface area (Å²) in [6, 6.07) is 7.91. The van der Waals surface area contributed by atoms with Gasteiger partial charge in [-0.15, -0.1) is 0 Å². The minimum atomic E-state index is 0.144. The number of carbonyl (C=O) groups is 1. The number of aryl methyl sites for hydroxylation is 1. The lowest BCUT2D eigenvalue weighted by atomic mass is 10.2. The van der Waals surface area contributed by atoms with Gasteiger partial charge in [-0.1, -0.05) is 12.1 Å². The Balaban J connectivity index is 1.87. The lowest BCUT2D eigenvalue weighted by Crippen LogP contribution is -2.48. The molecule has 0 radical (unpaired) electrons. The van der Waals surface area contributed by atoms with E-state index >= 15 is 0 Å². The van der Waals surface area contributed by atoms with Gasteiger partial charge in [0.1, 0.15) is 0 Å². The van der Waals surface area contributed by atoms with Crippen LogP contribution in [0.1, 0.15) is 12.6 Å². The van der Waals surface area contributed by atoms with Crippen molar-refractivity contribution in [2.75, 3.05) is 31.1 Å². The summed E-state index contributed by atoms with van der Waals surface area (Å²) in [6.45, 7) is 6.75. The molecule has 1 aliphatic rings. The second-order valence-electron chi connectivity index (χ2n) is 5.11. The zero-order chi connectivity index (χ0) is 14.1. The Morgan fingerprint density at radius 2 is 1.65 bits per heavy atom. The summed E-state index contributed by atoms with van der Waals surface area (Å²) in [5.74, 6) is 1.08. The van der Waals surface area contributed by atoms with E-state index in [9.17, 15) is 4.79 Å². The fraction of sp³-hybridized carbons (Fsp3) is 0.400. The van der Waals surface area contributed by atoms with E-state index in [1.807, 2.05) is 36.1 Å². The number of hydrogen-bond donors (Lipinski definition) is 0. The predicted molar refractivity (Wildman–Crippen MR) is 78.7 cm³/mol.